The normalized spacial score (nSPS) is 18.1. The molecule has 0 aromatic heterocycles. The van der Waals surface area contributed by atoms with Crippen LogP contribution in [0, 0.1) is 5.92 Å². The zero-order chi connectivity index (χ0) is 14.2. The second-order valence-electron chi connectivity index (χ2n) is 5.89. The number of hydrogen-bond acceptors (Lipinski definition) is 2. The van der Waals surface area contributed by atoms with E-state index in [4.69, 9.17) is 4.74 Å². The zero-order valence-electron chi connectivity index (χ0n) is 13.0. The molecule has 1 N–H and O–H groups in total. The molecule has 112 valence electrons. The van der Waals surface area contributed by atoms with E-state index >= 15 is 0 Å². The van der Waals surface area contributed by atoms with E-state index in [1.54, 1.807) is 0 Å². The van der Waals surface area contributed by atoms with Crippen molar-refractivity contribution in [1.29, 1.82) is 0 Å². The molecule has 0 bridgehead atoms. The van der Waals surface area contributed by atoms with Crippen molar-refractivity contribution in [2.75, 3.05) is 19.8 Å². The van der Waals surface area contributed by atoms with E-state index in [1.807, 2.05) is 0 Å². The monoisotopic (exact) mass is 275 g/mol. The van der Waals surface area contributed by atoms with Gasteiger partial charge in [-0.2, -0.15) is 0 Å². The van der Waals surface area contributed by atoms with Crippen LogP contribution in [0.15, 0.2) is 24.3 Å². The first-order valence-electron chi connectivity index (χ1n) is 8.23. The zero-order valence-corrected chi connectivity index (χ0v) is 13.0. The highest BCUT2D eigenvalue weighted by Crippen LogP contribution is 2.28. The summed E-state index contributed by atoms with van der Waals surface area (Å²) in [6, 6.07) is 9.68. The molecule has 1 saturated heterocycles. The average Bonchev–Trinajstić information content (AvgIpc) is 2.52. The predicted octanol–water partition coefficient (Wildman–Crippen LogP) is 4.11. The van der Waals surface area contributed by atoms with Crippen molar-refractivity contribution in [3.8, 4) is 0 Å². The minimum atomic E-state index is 0.504. The molecule has 1 aliphatic heterocycles. The summed E-state index contributed by atoms with van der Waals surface area (Å²) in [5.41, 5.74) is 2.87. The van der Waals surface area contributed by atoms with Gasteiger partial charge in [0.1, 0.15) is 0 Å². The van der Waals surface area contributed by atoms with E-state index in [-0.39, 0.29) is 0 Å². The Hall–Kier alpha value is -0.860. The van der Waals surface area contributed by atoms with Gasteiger partial charge in [0, 0.05) is 19.3 Å². The molecule has 2 nitrogen and oxygen atoms in total. The fourth-order valence-corrected chi connectivity index (χ4v) is 2.96. The van der Waals surface area contributed by atoms with Crippen LogP contribution in [0.25, 0.3) is 0 Å². The lowest BCUT2D eigenvalue weighted by Gasteiger charge is -2.27. The van der Waals surface area contributed by atoms with Crippen molar-refractivity contribution in [1.82, 2.24) is 5.32 Å². The van der Waals surface area contributed by atoms with Crippen LogP contribution < -0.4 is 5.32 Å². The molecule has 1 aromatic rings. The molecule has 1 heterocycles. The number of hydrogen-bond donors (Lipinski definition) is 1. The number of ether oxygens (including phenoxy) is 1. The van der Waals surface area contributed by atoms with Gasteiger partial charge < -0.3 is 10.1 Å². The highest BCUT2D eigenvalue weighted by atomic mass is 16.5. The molecule has 1 aliphatic rings. The Kier molecular flexibility index (Phi) is 6.55. The molecular weight excluding hydrogens is 246 g/mol. The summed E-state index contributed by atoms with van der Waals surface area (Å²) in [6.45, 7) is 7.44. The molecule has 0 aliphatic carbocycles. The first-order chi connectivity index (χ1) is 9.83. The minimum Gasteiger partial charge on any atom is -0.381 e. The molecule has 0 spiro atoms. The van der Waals surface area contributed by atoms with E-state index in [1.165, 1.54) is 36.8 Å². The van der Waals surface area contributed by atoms with Crippen LogP contribution in [0.2, 0.25) is 0 Å². The van der Waals surface area contributed by atoms with E-state index in [0.29, 0.717) is 6.04 Å². The van der Waals surface area contributed by atoms with Gasteiger partial charge in [-0.3, -0.25) is 0 Å². The van der Waals surface area contributed by atoms with Crippen LogP contribution in [-0.4, -0.2) is 19.8 Å². The minimum absolute atomic E-state index is 0.504. The van der Waals surface area contributed by atoms with Crippen molar-refractivity contribution < 1.29 is 4.74 Å². The molecule has 1 unspecified atom stereocenters. The molecule has 2 heteroatoms. The molecule has 20 heavy (non-hydrogen) atoms. The van der Waals surface area contributed by atoms with Gasteiger partial charge in [0.05, 0.1) is 0 Å². The Morgan fingerprint density at radius 2 is 1.85 bits per heavy atom. The van der Waals surface area contributed by atoms with Gasteiger partial charge in [-0.15, -0.1) is 0 Å². The van der Waals surface area contributed by atoms with Gasteiger partial charge in [0.25, 0.3) is 0 Å². The lowest BCUT2D eigenvalue weighted by molar-refractivity contribution is 0.0605. The summed E-state index contributed by atoms with van der Waals surface area (Å²) in [7, 11) is 0. The van der Waals surface area contributed by atoms with Crippen molar-refractivity contribution >= 4 is 0 Å². The maximum atomic E-state index is 5.48. The van der Waals surface area contributed by atoms with Gasteiger partial charge in [-0.25, -0.2) is 0 Å². The SMILES string of the molecule is CCCNC(CC1CCOCC1)c1ccc(CC)cc1. The van der Waals surface area contributed by atoms with Gasteiger partial charge in [0.2, 0.25) is 0 Å². The van der Waals surface area contributed by atoms with Gasteiger partial charge >= 0.3 is 0 Å². The second kappa shape index (κ2) is 8.43. The standard InChI is InChI=1S/C18H29NO/c1-3-11-19-18(14-16-9-12-20-13-10-16)17-7-5-15(4-2)6-8-17/h5-8,16,18-19H,3-4,9-14H2,1-2H3. The predicted molar refractivity (Wildman–Crippen MR) is 85.0 cm³/mol. The first-order valence-corrected chi connectivity index (χ1v) is 8.23. The Morgan fingerprint density at radius 1 is 1.15 bits per heavy atom. The number of rotatable bonds is 7. The fourth-order valence-electron chi connectivity index (χ4n) is 2.96. The summed E-state index contributed by atoms with van der Waals surface area (Å²) in [5.74, 6) is 0.809. The molecule has 0 amide bonds. The van der Waals surface area contributed by atoms with Gasteiger partial charge in [0.15, 0.2) is 0 Å². The largest absolute Gasteiger partial charge is 0.381 e. The van der Waals surface area contributed by atoms with Crippen LogP contribution in [0.1, 0.15) is 56.7 Å². The lowest BCUT2D eigenvalue weighted by Crippen LogP contribution is -2.27. The third-order valence-corrected chi connectivity index (χ3v) is 4.34. The van der Waals surface area contributed by atoms with E-state index < -0.39 is 0 Å². The quantitative estimate of drug-likeness (QED) is 0.808. The summed E-state index contributed by atoms with van der Waals surface area (Å²) >= 11 is 0. The maximum Gasteiger partial charge on any atom is 0.0468 e. The third kappa shape index (κ3) is 4.60. The average molecular weight is 275 g/mol. The molecule has 1 atom stereocenters. The number of nitrogens with one attached hydrogen (secondary N) is 1. The van der Waals surface area contributed by atoms with Crippen molar-refractivity contribution in [2.45, 2.75) is 52.0 Å². The summed E-state index contributed by atoms with van der Waals surface area (Å²) < 4.78 is 5.48. The smallest absolute Gasteiger partial charge is 0.0468 e. The van der Waals surface area contributed by atoms with Crippen LogP contribution in [0.5, 0.6) is 0 Å². The number of benzene rings is 1. The van der Waals surface area contributed by atoms with Crippen LogP contribution >= 0.6 is 0 Å². The van der Waals surface area contributed by atoms with Crippen LogP contribution in [0.3, 0.4) is 0 Å². The fraction of sp³-hybridized carbons (Fsp3) is 0.667. The highest BCUT2D eigenvalue weighted by Gasteiger charge is 2.20. The van der Waals surface area contributed by atoms with E-state index in [2.05, 4.69) is 43.4 Å². The number of aryl methyl sites for hydroxylation is 1. The Bertz CT molecular complexity index is 368. The summed E-state index contributed by atoms with van der Waals surface area (Å²) in [5, 5.41) is 3.73. The highest BCUT2D eigenvalue weighted by molar-refractivity contribution is 5.25. The van der Waals surface area contributed by atoms with Crippen molar-refractivity contribution in [3.05, 3.63) is 35.4 Å². The van der Waals surface area contributed by atoms with E-state index in [0.717, 1.165) is 32.1 Å². The van der Waals surface area contributed by atoms with Gasteiger partial charge in [-0.1, -0.05) is 38.1 Å². The van der Waals surface area contributed by atoms with Crippen molar-refractivity contribution in [2.24, 2.45) is 5.92 Å². The molecule has 2 rings (SSSR count). The first kappa shape index (κ1) is 15.5. The maximum absolute atomic E-state index is 5.48. The Balaban J connectivity index is 2.00. The van der Waals surface area contributed by atoms with Crippen LogP contribution in [0.4, 0.5) is 0 Å². The summed E-state index contributed by atoms with van der Waals surface area (Å²) in [6.07, 6.45) is 5.99. The molecule has 1 aromatic carbocycles. The second-order valence-corrected chi connectivity index (χ2v) is 5.89. The van der Waals surface area contributed by atoms with Gasteiger partial charge in [-0.05, 0) is 55.7 Å². The van der Waals surface area contributed by atoms with Crippen LogP contribution in [-0.2, 0) is 11.2 Å². The molecule has 1 fully saturated rings. The Labute approximate surface area is 123 Å². The van der Waals surface area contributed by atoms with Crippen molar-refractivity contribution in [3.63, 3.8) is 0 Å². The summed E-state index contributed by atoms with van der Waals surface area (Å²) in [4.78, 5) is 0. The molecular formula is C18H29NO. The molecule has 0 saturated carbocycles. The van der Waals surface area contributed by atoms with E-state index in [9.17, 15) is 0 Å². The lowest BCUT2D eigenvalue weighted by atomic mass is 9.89. The Morgan fingerprint density at radius 3 is 2.45 bits per heavy atom. The molecule has 0 radical (unpaired) electrons. The third-order valence-electron chi connectivity index (χ3n) is 4.34. The topological polar surface area (TPSA) is 21.3 Å².